The second-order valence-electron chi connectivity index (χ2n) is 6.56. The molecule has 33 heavy (non-hydrogen) atoms. The summed E-state index contributed by atoms with van der Waals surface area (Å²) >= 11 is 6.35. The molecular weight excluding hydrogens is 464 g/mol. The minimum Gasteiger partial charge on any atom is -0.490 e. The van der Waals surface area contributed by atoms with Crippen molar-refractivity contribution in [2.75, 3.05) is 19.8 Å². The number of hydrazine groups is 1. The third-order valence-corrected chi connectivity index (χ3v) is 5.56. The zero-order valence-electron chi connectivity index (χ0n) is 18.0. The van der Waals surface area contributed by atoms with Gasteiger partial charge in [0.25, 0.3) is 11.8 Å². The van der Waals surface area contributed by atoms with E-state index in [-0.39, 0.29) is 17.5 Å². The number of nitrogens with one attached hydrogen (secondary N) is 1. The Balaban J connectivity index is 1.74. The number of nitrogens with zero attached hydrogens (tertiary/aromatic N) is 1. The fourth-order valence-electron chi connectivity index (χ4n) is 2.81. The van der Waals surface area contributed by atoms with Gasteiger partial charge in [0.05, 0.1) is 18.1 Å². The predicted octanol–water partition coefficient (Wildman–Crippen LogP) is 3.57. The van der Waals surface area contributed by atoms with Gasteiger partial charge in [-0.2, -0.15) is 5.01 Å². The number of carbonyl (C=O) groups excluding carboxylic acids is 3. The zero-order chi connectivity index (χ0) is 23.8. The van der Waals surface area contributed by atoms with Crippen molar-refractivity contribution in [2.45, 2.75) is 13.8 Å². The molecule has 0 aliphatic carbocycles. The third kappa shape index (κ3) is 6.33. The summed E-state index contributed by atoms with van der Waals surface area (Å²) in [6.07, 6.45) is 1.64. The molecule has 8 nitrogen and oxygen atoms in total. The maximum Gasteiger partial charge on any atom is 0.344 e. The molecule has 0 unspecified atom stereocenters. The Kier molecular flexibility index (Phi) is 8.45. The van der Waals surface area contributed by atoms with Crippen molar-refractivity contribution in [2.24, 2.45) is 0 Å². The van der Waals surface area contributed by atoms with Crippen molar-refractivity contribution in [3.8, 4) is 11.5 Å². The van der Waals surface area contributed by atoms with Crippen LogP contribution in [0.3, 0.4) is 0 Å². The molecule has 1 fully saturated rings. The summed E-state index contributed by atoms with van der Waals surface area (Å²) in [4.78, 5) is 37.1. The standard InChI is InChI=1S/C23H22N2O6S2/c1-3-29-18-12-15(10-11-17(18)31-14-20(26)30-4-2)13-19-22(28)25(23(32)33-19)24-21(27)16-8-6-5-7-9-16/h5-13H,3-4,14H2,1-2H3,(H,24,27)/b19-13-. The van der Waals surface area contributed by atoms with Crippen molar-refractivity contribution in [1.82, 2.24) is 10.4 Å². The van der Waals surface area contributed by atoms with Crippen molar-refractivity contribution in [3.05, 3.63) is 64.6 Å². The molecule has 1 aliphatic rings. The van der Waals surface area contributed by atoms with E-state index in [1.54, 1.807) is 61.5 Å². The number of ether oxygens (including phenoxy) is 3. The second kappa shape index (κ2) is 11.5. The lowest BCUT2D eigenvalue weighted by molar-refractivity contribution is -0.145. The van der Waals surface area contributed by atoms with Gasteiger partial charge in [-0.3, -0.25) is 15.0 Å². The van der Waals surface area contributed by atoms with E-state index < -0.39 is 17.8 Å². The topological polar surface area (TPSA) is 94.2 Å². The molecule has 1 saturated heterocycles. The van der Waals surface area contributed by atoms with Gasteiger partial charge in [-0.05, 0) is 62.0 Å². The van der Waals surface area contributed by atoms with E-state index in [2.05, 4.69) is 5.43 Å². The summed E-state index contributed by atoms with van der Waals surface area (Å²) in [5.74, 6) is -0.553. The molecule has 1 heterocycles. The zero-order valence-corrected chi connectivity index (χ0v) is 19.7. The fourth-order valence-corrected chi connectivity index (χ4v) is 3.99. The molecule has 3 rings (SSSR count). The number of rotatable bonds is 9. The molecule has 0 aromatic heterocycles. The molecule has 0 spiro atoms. The number of thioether (sulfide) groups is 1. The number of hydrogen-bond donors (Lipinski definition) is 1. The van der Waals surface area contributed by atoms with Crippen LogP contribution in [0.5, 0.6) is 11.5 Å². The van der Waals surface area contributed by atoms with Crippen molar-refractivity contribution < 1.29 is 28.6 Å². The fraction of sp³-hybridized carbons (Fsp3) is 0.217. The first kappa shape index (κ1) is 24.3. The molecule has 0 saturated carbocycles. The second-order valence-corrected chi connectivity index (χ2v) is 8.23. The van der Waals surface area contributed by atoms with Crippen LogP contribution in [0.2, 0.25) is 0 Å². The lowest BCUT2D eigenvalue weighted by atomic mass is 10.2. The minimum atomic E-state index is -0.481. The molecule has 0 radical (unpaired) electrons. The van der Waals surface area contributed by atoms with Crippen LogP contribution in [-0.4, -0.2) is 46.9 Å². The maximum absolute atomic E-state index is 12.8. The number of carbonyl (C=O) groups is 3. The average Bonchev–Trinajstić information content (AvgIpc) is 3.06. The molecule has 0 atom stereocenters. The lowest BCUT2D eigenvalue weighted by Gasteiger charge is -2.15. The summed E-state index contributed by atoms with van der Waals surface area (Å²) in [7, 11) is 0. The highest BCUT2D eigenvalue weighted by Gasteiger charge is 2.33. The van der Waals surface area contributed by atoms with E-state index >= 15 is 0 Å². The van der Waals surface area contributed by atoms with Gasteiger partial charge in [-0.15, -0.1) is 0 Å². The highest BCUT2D eigenvalue weighted by molar-refractivity contribution is 8.26. The largest absolute Gasteiger partial charge is 0.490 e. The summed E-state index contributed by atoms with van der Waals surface area (Å²) in [6, 6.07) is 13.6. The third-order valence-electron chi connectivity index (χ3n) is 4.26. The van der Waals surface area contributed by atoms with E-state index in [0.717, 1.165) is 16.8 Å². The van der Waals surface area contributed by atoms with Crippen LogP contribution in [0.1, 0.15) is 29.8 Å². The first-order valence-corrected chi connectivity index (χ1v) is 11.3. The van der Waals surface area contributed by atoms with Crippen LogP contribution in [-0.2, 0) is 14.3 Å². The monoisotopic (exact) mass is 486 g/mol. The van der Waals surface area contributed by atoms with Crippen molar-refractivity contribution >= 4 is 52.2 Å². The number of benzene rings is 2. The van der Waals surface area contributed by atoms with Crippen LogP contribution in [0, 0.1) is 0 Å². The van der Waals surface area contributed by atoms with Gasteiger partial charge in [-0.25, -0.2) is 4.79 Å². The normalized spacial score (nSPS) is 14.4. The Morgan fingerprint density at radius 1 is 1.06 bits per heavy atom. The summed E-state index contributed by atoms with van der Waals surface area (Å²) in [5, 5.41) is 1.06. The van der Waals surface area contributed by atoms with Gasteiger partial charge in [0.15, 0.2) is 22.4 Å². The predicted molar refractivity (Wildman–Crippen MR) is 129 cm³/mol. The lowest BCUT2D eigenvalue weighted by Crippen LogP contribution is -2.44. The van der Waals surface area contributed by atoms with Gasteiger partial charge in [0, 0.05) is 5.56 Å². The van der Waals surface area contributed by atoms with Crippen molar-refractivity contribution in [3.63, 3.8) is 0 Å². The Bertz CT molecular complexity index is 1090. The van der Waals surface area contributed by atoms with E-state index in [0.29, 0.717) is 34.1 Å². The molecule has 2 amide bonds. The highest BCUT2D eigenvalue weighted by Crippen LogP contribution is 2.34. The quantitative estimate of drug-likeness (QED) is 0.327. The summed E-state index contributed by atoms with van der Waals surface area (Å²) < 4.78 is 16.2. The van der Waals surface area contributed by atoms with Crippen LogP contribution in [0.15, 0.2) is 53.4 Å². The minimum absolute atomic E-state index is 0.218. The van der Waals surface area contributed by atoms with Crippen molar-refractivity contribution in [1.29, 1.82) is 0 Å². The van der Waals surface area contributed by atoms with Crippen LogP contribution in [0.4, 0.5) is 0 Å². The number of amides is 2. The van der Waals surface area contributed by atoms with E-state index in [1.165, 1.54) is 0 Å². The molecule has 0 bridgehead atoms. The SMILES string of the molecule is CCOC(=O)COc1ccc(/C=C2\SC(=S)N(NC(=O)c3ccccc3)C2=O)cc1OCC. The van der Waals surface area contributed by atoms with E-state index in [9.17, 15) is 14.4 Å². The van der Waals surface area contributed by atoms with Gasteiger partial charge >= 0.3 is 5.97 Å². The van der Waals surface area contributed by atoms with Crippen LogP contribution >= 0.6 is 24.0 Å². The molecule has 1 aliphatic heterocycles. The maximum atomic E-state index is 12.8. The first-order valence-electron chi connectivity index (χ1n) is 10.1. The Morgan fingerprint density at radius 2 is 1.82 bits per heavy atom. The molecule has 10 heteroatoms. The van der Waals surface area contributed by atoms with Crippen LogP contribution < -0.4 is 14.9 Å². The first-order chi connectivity index (χ1) is 15.9. The molecule has 172 valence electrons. The Hall–Kier alpha value is -3.37. The number of thiocarbonyl (C=S) groups is 1. The van der Waals surface area contributed by atoms with Crippen LogP contribution in [0.25, 0.3) is 6.08 Å². The van der Waals surface area contributed by atoms with E-state index in [1.807, 2.05) is 6.92 Å². The van der Waals surface area contributed by atoms with Gasteiger partial charge in [0.1, 0.15) is 0 Å². The summed E-state index contributed by atoms with van der Waals surface area (Å²) in [5.41, 5.74) is 3.62. The molecule has 2 aromatic carbocycles. The van der Waals surface area contributed by atoms with E-state index in [4.69, 9.17) is 26.4 Å². The number of hydrogen-bond acceptors (Lipinski definition) is 8. The Morgan fingerprint density at radius 3 is 2.52 bits per heavy atom. The molecule has 1 N–H and O–H groups in total. The average molecular weight is 487 g/mol. The summed E-state index contributed by atoms with van der Waals surface area (Å²) in [6.45, 7) is 3.94. The molecule has 2 aromatic rings. The number of esters is 1. The smallest absolute Gasteiger partial charge is 0.344 e. The highest BCUT2D eigenvalue weighted by atomic mass is 32.2. The van der Waals surface area contributed by atoms with Gasteiger partial charge < -0.3 is 14.2 Å². The Labute approximate surface area is 200 Å². The van der Waals surface area contributed by atoms with Gasteiger partial charge in [0.2, 0.25) is 0 Å². The molecular formula is C23H22N2O6S2. The van der Waals surface area contributed by atoms with Gasteiger partial charge in [-0.1, -0.05) is 36.0 Å².